The second-order valence-corrected chi connectivity index (χ2v) is 6.07. The SMILES string of the molecule is COc1ccc2c(c1)C(O)(Cc1c(C)nn(C)c1Cl)CC2. The summed E-state index contributed by atoms with van der Waals surface area (Å²) < 4.78 is 6.93. The standard InChI is InChI=1S/C16H19ClN2O2/c1-10-13(15(17)19(2)18-10)9-16(20)7-6-11-4-5-12(21-3)8-14(11)16/h4-5,8,20H,6-7,9H2,1-3H3. The summed E-state index contributed by atoms with van der Waals surface area (Å²) in [6, 6.07) is 5.90. The first-order valence-electron chi connectivity index (χ1n) is 7.02. The van der Waals surface area contributed by atoms with Crippen LogP contribution in [0, 0.1) is 6.92 Å². The van der Waals surface area contributed by atoms with Crippen LogP contribution < -0.4 is 4.74 Å². The van der Waals surface area contributed by atoms with Gasteiger partial charge in [-0.1, -0.05) is 17.7 Å². The van der Waals surface area contributed by atoms with Crippen molar-refractivity contribution in [2.45, 2.75) is 31.8 Å². The Bertz CT molecular complexity index is 696. The van der Waals surface area contributed by atoms with E-state index >= 15 is 0 Å². The lowest BCUT2D eigenvalue weighted by atomic mass is 9.89. The Morgan fingerprint density at radius 3 is 2.86 bits per heavy atom. The van der Waals surface area contributed by atoms with Crippen LogP contribution in [0.25, 0.3) is 0 Å². The van der Waals surface area contributed by atoms with Crippen LogP contribution in [-0.4, -0.2) is 22.0 Å². The molecule has 1 aliphatic carbocycles. The van der Waals surface area contributed by atoms with Crippen molar-refractivity contribution in [3.8, 4) is 5.75 Å². The summed E-state index contributed by atoms with van der Waals surface area (Å²) in [6.45, 7) is 1.92. The van der Waals surface area contributed by atoms with Gasteiger partial charge in [-0.25, -0.2) is 0 Å². The molecule has 112 valence electrons. The Hall–Kier alpha value is -1.52. The van der Waals surface area contributed by atoms with Gasteiger partial charge in [0.05, 0.1) is 18.4 Å². The van der Waals surface area contributed by atoms with E-state index in [1.807, 2.05) is 32.2 Å². The Labute approximate surface area is 129 Å². The Morgan fingerprint density at radius 1 is 1.48 bits per heavy atom. The van der Waals surface area contributed by atoms with Crippen molar-refractivity contribution < 1.29 is 9.84 Å². The highest BCUT2D eigenvalue weighted by atomic mass is 35.5. The summed E-state index contributed by atoms with van der Waals surface area (Å²) in [5.41, 5.74) is 3.00. The molecule has 3 rings (SSSR count). The van der Waals surface area contributed by atoms with Gasteiger partial charge in [0.2, 0.25) is 0 Å². The first-order valence-corrected chi connectivity index (χ1v) is 7.40. The molecule has 0 fully saturated rings. The normalized spacial score (nSPS) is 20.6. The maximum atomic E-state index is 11.1. The molecule has 21 heavy (non-hydrogen) atoms. The van der Waals surface area contributed by atoms with Gasteiger partial charge in [0.15, 0.2) is 0 Å². The third-order valence-corrected chi connectivity index (χ3v) is 4.84. The Morgan fingerprint density at radius 2 is 2.24 bits per heavy atom. The predicted molar refractivity (Wildman–Crippen MR) is 81.9 cm³/mol. The number of methoxy groups -OCH3 is 1. The van der Waals surface area contributed by atoms with Gasteiger partial charge in [0.25, 0.3) is 0 Å². The summed E-state index contributed by atoms with van der Waals surface area (Å²) in [7, 11) is 3.45. The van der Waals surface area contributed by atoms with Crippen LogP contribution >= 0.6 is 11.6 Å². The first kappa shape index (κ1) is 14.4. The summed E-state index contributed by atoms with van der Waals surface area (Å²) in [5, 5.41) is 16.0. The van der Waals surface area contributed by atoms with Gasteiger partial charge in [0, 0.05) is 19.0 Å². The molecule has 2 aromatic rings. The van der Waals surface area contributed by atoms with Gasteiger partial charge in [-0.15, -0.1) is 0 Å². The van der Waals surface area contributed by atoms with Crippen molar-refractivity contribution in [1.29, 1.82) is 0 Å². The van der Waals surface area contributed by atoms with E-state index in [1.165, 1.54) is 5.56 Å². The fourth-order valence-corrected chi connectivity index (χ4v) is 3.40. The molecule has 4 nitrogen and oxygen atoms in total. The van der Waals surface area contributed by atoms with Crippen molar-refractivity contribution in [2.24, 2.45) is 7.05 Å². The van der Waals surface area contributed by atoms with E-state index < -0.39 is 5.60 Å². The van der Waals surface area contributed by atoms with Gasteiger partial charge in [0.1, 0.15) is 10.9 Å². The molecule has 1 N–H and O–H groups in total. The third kappa shape index (κ3) is 2.32. The fraction of sp³-hybridized carbons (Fsp3) is 0.438. The molecule has 1 heterocycles. The molecule has 1 aromatic heterocycles. The molecule has 0 amide bonds. The predicted octanol–water partition coefficient (Wildman–Crippen LogP) is 2.77. The van der Waals surface area contributed by atoms with Crippen molar-refractivity contribution in [2.75, 3.05) is 7.11 Å². The third-order valence-electron chi connectivity index (χ3n) is 4.37. The highest BCUT2D eigenvalue weighted by Gasteiger charge is 2.38. The van der Waals surface area contributed by atoms with Crippen LogP contribution in [0.15, 0.2) is 18.2 Å². The largest absolute Gasteiger partial charge is 0.497 e. The Kier molecular flexibility index (Phi) is 3.46. The number of aryl methyl sites for hydroxylation is 3. The quantitative estimate of drug-likeness (QED) is 0.948. The van der Waals surface area contributed by atoms with Crippen molar-refractivity contribution in [3.05, 3.63) is 45.7 Å². The second kappa shape index (κ2) is 5.04. The number of hydrogen-bond donors (Lipinski definition) is 1. The van der Waals surface area contributed by atoms with E-state index in [-0.39, 0.29) is 0 Å². The van der Waals surface area contributed by atoms with Gasteiger partial charge in [-0.3, -0.25) is 4.68 Å². The monoisotopic (exact) mass is 306 g/mol. The smallest absolute Gasteiger partial charge is 0.130 e. The summed E-state index contributed by atoms with van der Waals surface area (Å²) in [6.07, 6.45) is 2.04. The van der Waals surface area contributed by atoms with E-state index in [0.29, 0.717) is 18.0 Å². The number of hydrogen-bond acceptors (Lipinski definition) is 3. The average Bonchev–Trinajstić information content (AvgIpc) is 2.91. The highest BCUT2D eigenvalue weighted by molar-refractivity contribution is 6.30. The number of fused-ring (bicyclic) bond motifs is 1. The minimum Gasteiger partial charge on any atom is -0.497 e. The van der Waals surface area contributed by atoms with Gasteiger partial charge < -0.3 is 9.84 Å². The molecule has 1 aliphatic rings. The number of nitrogens with zero attached hydrogens (tertiary/aromatic N) is 2. The zero-order valence-corrected chi connectivity index (χ0v) is 13.2. The van der Waals surface area contributed by atoms with E-state index in [2.05, 4.69) is 5.10 Å². The average molecular weight is 307 g/mol. The van der Waals surface area contributed by atoms with E-state index in [0.717, 1.165) is 29.0 Å². The van der Waals surface area contributed by atoms with E-state index in [4.69, 9.17) is 16.3 Å². The van der Waals surface area contributed by atoms with Crippen molar-refractivity contribution in [1.82, 2.24) is 9.78 Å². The molecular weight excluding hydrogens is 288 g/mol. The lowest BCUT2D eigenvalue weighted by Gasteiger charge is -2.24. The molecule has 0 saturated carbocycles. The van der Waals surface area contributed by atoms with E-state index in [9.17, 15) is 5.11 Å². The molecule has 0 saturated heterocycles. The number of ether oxygens (including phenoxy) is 1. The van der Waals surface area contributed by atoms with Gasteiger partial charge in [-0.2, -0.15) is 5.10 Å². The van der Waals surface area contributed by atoms with Crippen molar-refractivity contribution >= 4 is 11.6 Å². The minimum absolute atomic E-state index is 0.478. The minimum atomic E-state index is -0.901. The molecule has 1 atom stereocenters. The van der Waals surface area contributed by atoms with Gasteiger partial charge in [-0.05, 0) is 43.0 Å². The maximum absolute atomic E-state index is 11.1. The molecule has 0 spiro atoms. The summed E-state index contributed by atoms with van der Waals surface area (Å²) >= 11 is 6.30. The zero-order valence-electron chi connectivity index (χ0n) is 12.5. The molecular formula is C16H19ClN2O2. The fourth-order valence-electron chi connectivity index (χ4n) is 3.16. The molecule has 5 heteroatoms. The topological polar surface area (TPSA) is 47.3 Å². The highest BCUT2D eigenvalue weighted by Crippen LogP contribution is 2.42. The van der Waals surface area contributed by atoms with Crippen molar-refractivity contribution in [3.63, 3.8) is 0 Å². The number of halogens is 1. The zero-order chi connectivity index (χ0) is 15.2. The first-order chi connectivity index (χ1) is 9.94. The second-order valence-electron chi connectivity index (χ2n) is 5.71. The van der Waals surface area contributed by atoms with Crippen LogP contribution in [0.3, 0.4) is 0 Å². The molecule has 0 radical (unpaired) electrons. The van der Waals surface area contributed by atoms with Crippen LogP contribution in [0.2, 0.25) is 5.15 Å². The van der Waals surface area contributed by atoms with Crippen LogP contribution in [0.4, 0.5) is 0 Å². The summed E-state index contributed by atoms with van der Waals surface area (Å²) in [5.74, 6) is 0.767. The maximum Gasteiger partial charge on any atom is 0.130 e. The number of rotatable bonds is 3. The molecule has 1 unspecified atom stereocenters. The lowest BCUT2D eigenvalue weighted by Crippen LogP contribution is -2.25. The number of aromatic nitrogens is 2. The lowest BCUT2D eigenvalue weighted by molar-refractivity contribution is 0.0386. The van der Waals surface area contributed by atoms with E-state index in [1.54, 1.807) is 11.8 Å². The van der Waals surface area contributed by atoms with Crippen LogP contribution in [-0.2, 0) is 25.5 Å². The molecule has 0 bridgehead atoms. The number of aliphatic hydroxyl groups is 1. The van der Waals surface area contributed by atoms with Crippen LogP contribution in [0.1, 0.15) is 28.8 Å². The molecule has 0 aliphatic heterocycles. The molecule has 1 aromatic carbocycles. The van der Waals surface area contributed by atoms with Gasteiger partial charge >= 0.3 is 0 Å². The summed E-state index contributed by atoms with van der Waals surface area (Å²) in [4.78, 5) is 0. The Balaban J connectivity index is 2.01. The number of benzene rings is 1. The van der Waals surface area contributed by atoms with Crippen LogP contribution in [0.5, 0.6) is 5.75 Å².